The monoisotopic (exact) mass is 502 g/mol. The van der Waals surface area contributed by atoms with Crippen molar-refractivity contribution in [3.05, 3.63) is 57.4 Å². The summed E-state index contributed by atoms with van der Waals surface area (Å²) in [5, 5.41) is 27.1. The lowest BCUT2D eigenvalue weighted by atomic mass is 9.74. The Kier molecular flexibility index (Phi) is 8.83. The number of pyridine rings is 1. The minimum absolute atomic E-state index is 0.138. The van der Waals surface area contributed by atoms with Gasteiger partial charge >= 0.3 is 0 Å². The van der Waals surface area contributed by atoms with E-state index >= 15 is 0 Å². The fourth-order valence-electron chi connectivity index (χ4n) is 5.06. The summed E-state index contributed by atoms with van der Waals surface area (Å²) in [6.45, 7) is 3.29. The van der Waals surface area contributed by atoms with Gasteiger partial charge in [0.1, 0.15) is 5.75 Å². The first-order valence-corrected chi connectivity index (χ1v) is 13.5. The van der Waals surface area contributed by atoms with E-state index in [4.69, 9.17) is 16.3 Å². The average molecular weight is 503 g/mol. The van der Waals surface area contributed by atoms with E-state index in [9.17, 15) is 10.2 Å². The summed E-state index contributed by atoms with van der Waals surface area (Å²) in [6.07, 6.45) is 7.70. The average Bonchev–Trinajstić information content (AvgIpc) is 3.39. The second-order valence-corrected chi connectivity index (χ2v) is 10.7. The highest BCUT2D eigenvalue weighted by molar-refractivity contribution is 7.07. The van der Waals surface area contributed by atoms with E-state index in [2.05, 4.69) is 26.7 Å². The van der Waals surface area contributed by atoms with Gasteiger partial charge in [0.25, 0.3) is 0 Å². The van der Waals surface area contributed by atoms with Gasteiger partial charge in [-0.3, -0.25) is 4.98 Å². The summed E-state index contributed by atoms with van der Waals surface area (Å²) >= 11 is 8.24. The predicted octanol–water partition coefficient (Wildman–Crippen LogP) is 5.87. The Balaban J connectivity index is 1.31. The Morgan fingerprint density at radius 1 is 1.24 bits per heavy atom. The number of halogens is 1. The summed E-state index contributed by atoms with van der Waals surface area (Å²) in [4.78, 5) is 6.91. The predicted molar refractivity (Wildman–Crippen MR) is 140 cm³/mol. The number of piperidine rings is 1. The van der Waals surface area contributed by atoms with Crippen LogP contribution in [-0.2, 0) is 6.42 Å². The van der Waals surface area contributed by atoms with Crippen molar-refractivity contribution in [2.45, 2.75) is 51.0 Å². The van der Waals surface area contributed by atoms with Gasteiger partial charge in [0, 0.05) is 23.8 Å². The van der Waals surface area contributed by atoms with E-state index in [1.807, 2.05) is 18.2 Å². The molecule has 1 aromatic carbocycles. The standard InChI is InChI=1S/C27H35ClN2O3S/c1-33-21-5-6-24-22(16-21)26(23(28)17-29-24)25(32)7-9-27(19-31)10-13-30(14-11-27)12-3-2-4-20-8-15-34-18-20/h5-6,8,15-18,25,31-32H,2-4,7,9-14,19H2,1H3/t25-/m0/s1. The van der Waals surface area contributed by atoms with Crippen LogP contribution in [0.3, 0.4) is 0 Å². The number of likely N-dealkylation sites (tertiary alicyclic amines) is 1. The molecule has 2 N–H and O–H groups in total. The molecule has 34 heavy (non-hydrogen) atoms. The van der Waals surface area contributed by atoms with Crippen LogP contribution in [0.15, 0.2) is 41.2 Å². The minimum atomic E-state index is -0.719. The van der Waals surface area contributed by atoms with Crippen molar-refractivity contribution in [1.82, 2.24) is 9.88 Å². The van der Waals surface area contributed by atoms with Crippen molar-refractivity contribution in [3.63, 3.8) is 0 Å². The zero-order valence-electron chi connectivity index (χ0n) is 19.9. The molecule has 3 aromatic rings. The minimum Gasteiger partial charge on any atom is -0.497 e. The molecule has 1 aliphatic rings. The molecule has 1 atom stereocenters. The van der Waals surface area contributed by atoms with Crippen LogP contribution in [0.25, 0.3) is 10.9 Å². The molecule has 1 saturated heterocycles. The van der Waals surface area contributed by atoms with Gasteiger partial charge in [-0.25, -0.2) is 0 Å². The molecule has 0 amide bonds. The van der Waals surface area contributed by atoms with E-state index in [0.29, 0.717) is 22.8 Å². The van der Waals surface area contributed by atoms with Gasteiger partial charge in [0.05, 0.1) is 23.8 Å². The lowest BCUT2D eigenvalue weighted by Gasteiger charge is -2.41. The van der Waals surface area contributed by atoms with E-state index in [-0.39, 0.29) is 12.0 Å². The van der Waals surface area contributed by atoms with Crippen molar-refractivity contribution in [1.29, 1.82) is 0 Å². The van der Waals surface area contributed by atoms with Gasteiger partial charge in [-0.1, -0.05) is 11.6 Å². The Hall–Kier alpha value is -1.70. The molecule has 3 heterocycles. The summed E-state index contributed by atoms with van der Waals surface area (Å²) in [5.41, 5.74) is 2.79. The number of nitrogens with zero attached hydrogens (tertiary/aromatic N) is 2. The first kappa shape index (κ1) is 25.4. The summed E-state index contributed by atoms with van der Waals surface area (Å²) in [7, 11) is 1.62. The molecule has 184 valence electrons. The highest BCUT2D eigenvalue weighted by Gasteiger charge is 2.34. The number of fused-ring (bicyclic) bond motifs is 1. The molecule has 1 fully saturated rings. The fourth-order valence-corrected chi connectivity index (χ4v) is 6.04. The zero-order valence-corrected chi connectivity index (χ0v) is 21.5. The highest BCUT2D eigenvalue weighted by atomic mass is 35.5. The van der Waals surface area contributed by atoms with Crippen molar-refractivity contribution < 1.29 is 14.9 Å². The van der Waals surface area contributed by atoms with Crippen LogP contribution in [0.2, 0.25) is 5.02 Å². The number of rotatable bonds is 11. The van der Waals surface area contributed by atoms with Gasteiger partial charge in [-0.05, 0) is 111 Å². The normalized spacial score (nSPS) is 17.2. The zero-order chi connectivity index (χ0) is 24.0. The number of benzene rings is 1. The summed E-state index contributed by atoms with van der Waals surface area (Å²) in [6, 6.07) is 7.83. The van der Waals surface area contributed by atoms with Crippen LogP contribution in [0.1, 0.15) is 55.8 Å². The Labute approximate surface area is 211 Å². The molecule has 0 radical (unpaired) electrons. The molecular weight excluding hydrogens is 468 g/mol. The van der Waals surface area contributed by atoms with Crippen LogP contribution in [0.5, 0.6) is 5.75 Å². The van der Waals surface area contributed by atoms with E-state index in [0.717, 1.165) is 56.2 Å². The fraction of sp³-hybridized carbons (Fsp3) is 0.519. The topological polar surface area (TPSA) is 65.8 Å². The Morgan fingerprint density at radius 3 is 2.76 bits per heavy atom. The number of ether oxygens (including phenoxy) is 1. The van der Waals surface area contributed by atoms with Gasteiger partial charge in [0.15, 0.2) is 0 Å². The third-order valence-corrected chi connectivity index (χ3v) is 8.40. The molecule has 0 spiro atoms. The van der Waals surface area contributed by atoms with Gasteiger partial charge in [-0.15, -0.1) is 0 Å². The number of aryl methyl sites for hydroxylation is 1. The van der Waals surface area contributed by atoms with Crippen LogP contribution in [-0.4, -0.2) is 53.4 Å². The van der Waals surface area contributed by atoms with Crippen molar-refractivity contribution in [2.24, 2.45) is 5.41 Å². The Bertz CT molecular complexity index is 1050. The van der Waals surface area contributed by atoms with E-state index in [1.54, 1.807) is 24.6 Å². The number of unbranched alkanes of at least 4 members (excludes halogenated alkanes) is 1. The number of methoxy groups -OCH3 is 1. The van der Waals surface area contributed by atoms with Gasteiger partial charge in [-0.2, -0.15) is 11.3 Å². The van der Waals surface area contributed by atoms with Gasteiger partial charge in [0.2, 0.25) is 0 Å². The smallest absolute Gasteiger partial charge is 0.119 e. The largest absolute Gasteiger partial charge is 0.497 e. The Morgan fingerprint density at radius 2 is 2.06 bits per heavy atom. The number of hydrogen-bond acceptors (Lipinski definition) is 6. The SMILES string of the molecule is COc1ccc2ncc(Cl)c([C@@H](O)CCC3(CO)CCN(CCCCc4ccsc4)CC3)c2c1. The number of aliphatic hydroxyl groups is 2. The maximum Gasteiger partial charge on any atom is 0.119 e. The van der Waals surface area contributed by atoms with Crippen molar-refractivity contribution in [2.75, 3.05) is 33.4 Å². The maximum absolute atomic E-state index is 11.1. The lowest BCUT2D eigenvalue weighted by Crippen LogP contribution is -2.42. The molecule has 5 nitrogen and oxygen atoms in total. The number of thiophene rings is 1. The third-order valence-electron chi connectivity index (χ3n) is 7.37. The molecule has 2 aromatic heterocycles. The number of aliphatic hydroxyl groups excluding tert-OH is 2. The second-order valence-electron chi connectivity index (χ2n) is 9.55. The molecule has 4 rings (SSSR count). The third kappa shape index (κ3) is 6.10. The number of aromatic nitrogens is 1. The van der Waals surface area contributed by atoms with Crippen molar-refractivity contribution in [3.8, 4) is 5.75 Å². The van der Waals surface area contributed by atoms with Crippen LogP contribution >= 0.6 is 22.9 Å². The first-order chi connectivity index (χ1) is 16.5. The van der Waals surface area contributed by atoms with Gasteiger partial charge < -0.3 is 19.8 Å². The molecule has 7 heteroatoms. The lowest BCUT2D eigenvalue weighted by molar-refractivity contribution is 0.0233. The second kappa shape index (κ2) is 11.8. The molecule has 1 aliphatic heterocycles. The molecule has 0 unspecified atom stereocenters. The highest BCUT2D eigenvalue weighted by Crippen LogP contribution is 2.40. The van der Waals surface area contributed by atoms with Crippen LogP contribution in [0.4, 0.5) is 0 Å². The molecule has 0 aliphatic carbocycles. The van der Waals surface area contributed by atoms with Crippen LogP contribution in [0, 0.1) is 5.41 Å². The first-order valence-electron chi connectivity index (χ1n) is 12.2. The molecular formula is C27H35ClN2O3S. The quantitative estimate of drug-likeness (QED) is 0.321. The number of hydrogen-bond donors (Lipinski definition) is 2. The van der Waals surface area contributed by atoms with Crippen molar-refractivity contribution >= 4 is 33.8 Å². The van der Waals surface area contributed by atoms with Crippen LogP contribution < -0.4 is 4.74 Å². The molecule has 0 bridgehead atoms. The maximum atomic E-state index is 11.1. The molecule has 0 saturated carbocycles. The van der Waals surface area contributed by atoms with E-state index in [1.165, 1.54) is 18.4 Å². The summed E-state index contributed by atoms with van der Waals surface area (Å²) in [5.74, 6) is 0.708. The van der Waals surface area contributed by atoms with E-state index < -0.39 is 6.10 Å². The summed E-state index contributed by atoms with van der Waals surface area (Å²) < 4.78 is 5.36.